The van der Waals surface area contributed by atoms with Gasteiger partial charge in [-0.15, -0.1) is 0 Å². The molecule has 1 fully saturated rings. The van der Waals surface area contributed by atoms with Crippen LogP contribution in [0.5, 0.6) is 0 Å². The number of likely N-dealkylation sites (tertiary alicyclic amines) is 1. The Kier molecular flexibility index (Phi) is 7.95. The third-order valence-corrected chi connectivity index (χ3v) is 6.33. The zero-order valence-electron chi connectivity index (χ0n) is 20.2. The molecule has 1 unspecified atom stereocenters. The van der Waals surface area contributed by atoms with Gasteiger partial charge < -0.3 is 15.3 Å². The second-order valence-corrected chi connectivity index (χ2v) is 8.92. The molecule has 6 nitrogen and oxygen atoms in total. The van der Waals surface area contributed by atoms with Crippen molar-refractivity contribution >= 4 is 23.9 Å². The van der Waals surface area contributed by atoms with Crippen molar-refractivity contribution in [2.75, 3.05) is 6.54 Å². The van der Waals surface area contributed by atoms with Crippen molar-refractivity contribution in [3.8, 4) is 11.1 Å². The highest BCUT2D eigenvalue weighted by molar-refractivity contribution is 6.06. The molecule has 1 aliphatic rings. The molecule has 2 N–H and O–H groups in total. The summed E-state index contributed by atoms with van der Waals surface area (Å²) in [5.41, 5.74) is 1.35. The molecule has 2 amide bonds. The molecule has 4 rings (SSSR count). The Balaban J connectivity index is 1.64. The predicted molar refractivity (Wildman–Crippen MR) is 136 cm³/mol. The van der Waals surface area contributed by atoms with Crippen LogP contribution in [0, 0.1) is 0 Å². The Labute approximate surface area is 217 Å². The molecular formula is C29H25F3N2O4. The normalized spacial score (nSPS) is 16.1. The highest BCUT2D eigenvalue weighted by Gasteiger charge is 2.34. The van der Waals surface area contributed by atoms with Gasteiger partial charge in [0.05, 0.1) is 5.56 Å². The van der Waals surface area contributed by atoms with Gasteiger partial charge in [0.2, 0.25) is 0 Å². The van der Waals surface area contributed by atoms with E-state index in [-0.39, 0.29) is 24.2 Å². The summed E-state index contributed by atoms with van der Waals surface area (Å²) in [5, 5.41) is 12.1. The van der Waals surface area contributed by atoms with E-state index >= 15 is 0 Å². The lowest BCUT2D eigenvalue weighted by Gasteiger charge is -2.33. The molecular weight excluding hydrogens is 497 g/mol. The topological polar surface area (TPSA) is 86.7 Å². The van der Waals surface area contributed by atoms with Crippen LogP contribution in [0.15, 0.2) is 84.6 Å². The minimum Gasteiger partial charge on any atom is -0.480 e. The Morgan fingerprint density at radius 3 is 2.11 bits per heavy atom. The zero-order valence-corrected chi connectivity index (χ0v) is 20.2. The number of amides is 2. The fourth-order valence-corrected chi connectivity index (χ4v) is 4.31. The van der Waals surface area contributed by atoms with E-state index < -0.39 is 35.6 Å². The third-order valence-electron chi connectivity index (χ3n) is 6.33. The van der Waals surface area contributed by atoms with Gasteiger partial charge in [-0.3, -0.25) is 9.59 Å². The average molecular weight is 523 g/mol. The summed E-state index contributed by atoms with van der Waals surface area (Å²) in [6.07, 6.45) is -1.57. The fourth-order valence-electron chi connectivity index (χ4n) is 4.31. The third kappa shape index (κ3) is 6.29. The van der Waals surface area contributed by atoms with Crippen LogP contribution >= 0.6 is 0 Å². The summed E-state index contributed by atoms with van der Waals surface area (Å²) in [6.45, 7) is 0.205. The van der Waals surface area contributed by atoms with Crippen LogP contribution in [0.2, 0.25) is 0 Å². The minimum absolute atomic E-state index is 0.0791. The molecule has 38 heavy (non-hydrogen) atoms. The average Bonchev–Trinajstić information content (AvgIpc) is 2.92. The smallest absolute Gasteiger partial charge is 0.416 e. The molecule has 0 spiro atoms. The molecule has 3 aromatic carbocycles. The number of carboxylic acid groups (broad SMARTS) is 1. The largest absolute Gasteiger partial charge is 0.480 e. The Morgan fingerprint density at radius 1 is 0.868 bits per heavy atom. The van der Waals surface area contributed by atoms with Crippen molar-refractivity contribution in [1.82, 2.24) is 10.2 Å². The molecule has 0 saturated carbocycles. The number of benzene rings is 3. The highest BCUT2D eigenvalue weighted by Crippen LogP contribution is 2.29. The molecule has 3 aromatic rings. The molecule has 9 heteroatoms. The van der Waals surface area contributed by atoms with Gasteiger partial charge >= 0.3 is 12.1 Å². The van der Waals surface area contributed by atoms with Crippen molar-refractivity contribution in [3.05, 3.63) is 101 Å². The van der Waals surface area contributed by atoms with Gasteiger partial charge in [0.25, 0.3) is 11.8 Å². The molecule has 0 aromatic heterocycles. The number of hydrogen-bond acceptors (Lipinski definition) is 3. The number of carboxylic acids is 1. The summed E-state index contributed by atoms with van der Waals surface area (Å²) in [7, 11) is 0. The Bertz CT molecular complexity index is 1330. The maximum absolute atomic E-state index is 13.5. The van der Waals surface area contributed by atoms with Gasteiger partial charge in [0.15, 0.2) is 0 Å². The highest BCUT2D eigenvalue weighted by atomic mass is 19.4. The summed E-state index contributed by atoms with van der Waals surface area (Å²) >= 11 is 0. The number of halogens is 3. The summed E-state index contributed by atoms with van der Waals surface area (Å²) in [6, 6.07) is 19.4. The van der Waals surface area contributed by atoms with Gasteiger partial charge in [-0.25, -0.2) is 4.79 Å². The van der Waals surface area contributed by atoms with Crippen LogP contribution < -0.4 is 5.32 Å². The fraction of sp³-hybridized carbons (Fsp3) is 0.207. The van der Waals surface area contributed by atoms with Crippen LogP contribution in [0.3, 0.4) is 0 Å². The number of aliphatic carboxylic acids is 1. The first-order chi connectivity index (χ1) is 18.1. The number of piperidine rings is 1. The van der Waals surface area contributed by atoms with E-state index in [1.807, 2.05) is 42.5 Å². The van der Waals surface area contributed by atoms with Crippen molar-refractivity contribution in [3.63, 3.8) is 0 Å². The van der Waals surface area contributed by atoms with Gasteiger partial charge in [0, 0.05) is 12.1 Å². The number of rotatable bonds is 6. The molecule has 0 bridgehead atoms. The van der Waals surface area contributed by atoms with Gasteiger partial charge in [0.1, 0.15) is 11.7 Å². The first-order valence-corrected chi connectivity index (χ1v) is 12.0. The minimum atomic E-state index is -4.55. The van der Waals surface area contributed by atoms with Crippen molar-refractivity contribution < 1.29 is 32.7 Å². The predicted octanol–water partition coefficient (Wildman–Crippen LogP) is 5.61. The van der Waals surface area contributed by atoms with E-state index in [1.54, 1.807) is 12.1 Å². The summed E-state index contributed by atoms with van der Waals surface area (Å²) in [4.78, 5) is 39.4. The van der Waals surface area contributed by atoms with E-state index in [9.17, 15) is 32.7 Å². The lowest BCUT2D eigenvalue weighted by atomic mass is 10.0. The van der Waals surface area contributed by atoms with E-state index in [0.717, 1.165) is 35.4 Å². The number of carbonyl (C=O) groups excluding carboxylic acids is 2. The monoisotopic (exact) mass is 522 g/mol. The van der Waals surface area contributed by atoms with Gasteiger partial charge in [-0.05, 0) is 66.3 Å². The van der Waals surface area contributed by atoms with E-state index in [0.29, 0.717) is 18.4 Å². The van der Waals surface area contributed by atoms with Crippen LogP contribution in [0.25, 0.3) is 17.2 Å². The molecule has 1 heterocycles. The maximum Gasteiger partial charge on any atom is 0.416 e. The van der Waals surface area contributed by atoms with Crippen LogP contribution in [-0.4, -0.2) is 40.4 Å². The standard InChI is InChI=1S/C29H25F3N2O4/c30-29(31,32)23-15-13-22(14-16-23)26(35)33-24(27(36)34-17-5-4-8-25(34)28(37)38)18-19-9-11-21(12-10-19)20-6-2-1-3-7-20/h1-3,6-7,9-16,18,25H,4-5,8,17H2,(H,33,35)(H,37,38)/b24-18+. The van der Waals surface area contributed by atoms with Crippen LogP contribution in [0.1, 0.15) is 40.7 Å². The van der Waals surface area contributed by atoms with Crippen molar-refractivity contribution in [2.24, 2.45) is 0 Å². The number of hydrogen-bond donors (Lipinski definition) is 2. The second-order valence-electron chi connectivity index (χ2n) is 8.92. The Morgan fingerprint density at radius 2 is 1.50 bits per heavy atom. The van der Waals surface area contributed by atoms with Crippen molar-refractivity contribution in [1.29, 1.82) is 0 Å². The molecule has 1 saturated heterocycles. The van der Waals surface area contributed by atoms with E-state index in [4.69, 9.17) is 0 Å². The van der Waals surface area contributed by atoms with Crippen molar-refractivity contribution in [2.45, 2.75) is 31.5 Å². The number of carbonyl (C=O) groups is 3. The lowest BCUT2D eigenvalue weighted by molar-refractivity contribution is -0.150. The summed E-state index contributed by atoms with van der Waals surface area (Å²) in [5.74, 6) is -2.61. The zero-order chi connectivity index (χ0) is 27.3. The second kappa shape index (κ2) is 11.3. The van der Waals surface area contributed by atoms with Crippen LogP contribution in [-0.2, 0) is 15.8 Å². The lowest BCUT2D eigenvalue weighted by Crippen LogP contribution is -2.50. The molecule has 1 aliphatic heterocycles. The Hall–Kier alpha value is -4.40. The van der Waals surface area contributed by atoms with Gasteiger partial charge in [-0.1, -0.05) is 54.6 Å². The maximum atomic E-state index is 13.5. The number of alkyl halides is 3. The SMILES string of the molecule is O=C(N/C(=C/c1ccc(-c2ccccc2)cc1)C(=O)N1CCCCC1C(=O)O)c1ccc(C(F)(F)F)cc1. The van der Waals surface area contributed by atoms with Crippen LogP contribution in [0.4, 0.5) is 13.2 Å². The molecule has 1 atom stereocenters. The van der Waals surface area contributed by atoms with E-state index in [2.05, 4.69) is 5.32 Å². The molecule has 0 aliphatic carbocycles. The quantitative estimate of drug-likeness (QED) is 0.412. The summed E-state index contributed by atoms with van der Waals surface area (Å²) < 4.78 is 38.7. The van der Waals surface area contributed by atoms with Gasteiger partial charge in [-0.2, -0.15) is 13.2 Å². The first-order valence-electron chi connectivity index (χ1n) is 12.0. The van der Waals surface area contributed by atoms with E-state index in [1.165, 1.54) is 11.0 Å². The molecule has 196 valence electrons. The number of nitrogens with zero attached hydrogens (tertiary/aromatic N) is 1. The first kappa shape index (κ1) is 26.7. The molecule has 0 radical (unpaired) electrons. The number of nitrogens with one attached hydrogen (secondary N) is 1.